The van der Waals surface area contributed by atoms with Crippen LogP contribution in [0.1, 0.15) is 174 Å². The fraction of sp³-hybridized carbons (Fsp3) is 0.689. The highest BCUT2D eigenvalue weighted by Crippen LogP contribution is 2.15. The number of carboxylic acid groups (broad SMARTS) is 1. The molecule has 0 saturated heterocycles. The maximum absolute atomic E-state index is 12.7. The van der Waals surface area contributed by atoms with Crippen molar-refractivity contribution in [3.05, 3.63) is 60.8 Å². The lowest BCUT2D eigenvalue weighted by atomic mass is 10.1. The second kappa shape index (κ2) is 39.2. The third-order valence-corrected chi connectivity index (χ3v) is 8.98. The number of allylic oxidation sites excluding steroid dienone is 9. The van der Waals surface area contributed by atoms with Crippen LogP contribution >= 0.6 is 0 Å². The van der Waals surface area contributed by atoms with E-state index in [1.54, 1.807) is 0 Å². The number of nitrogens with one attached hydrogen (secondary N) is 2. The van der Waals surface area contributed by atoms with Gasteiger partial charge in [-0.2, -0.15) is 0 Å². The van der Waals surface area contributed by atoms with E-state index in [1.165, 1.54) is 57.8 Å². The Morgan fingerprint density at radius 3 is 1.69 bits per heavy atom. The first-order chi connectivity index (χ1) is 26.3. The molecule has 9 nitrogen and oxygen atoms in total. The van der Waals surface area contributed by atoms with Crippen molar-refractivity contribution >= 4 is 23.8 Å². The summed E-state index contributed by atoms with van der Waals surface area (Å²) in [6, 6.07) is -1.39. The molecule has 0 aromatic heterocycles. The number of hydrogen-bond donors (Lipinski definition) is 4. The maximum atomic E-state index is 12.7. The number of carbonyl (C=O) groups is 4. The molecule has 0 radical (unpaired) electrons. The molecule has 308 valence electrons. The van der Waals surface area contributed by atoms with Crippen LogP contribution in [0, 0.1) is 0 Å². The van der Waals surface area contributed by atoms with Gasteiger partial charge in [0.25, 0.3) is 0 Å². The van der Waals surface area contributed by atoms with E-state index < -0.39 is 24.5 Å². The van der Waals surface area contributed by atoms with Gasteiger partial charge in [0.1, 0.15) is 12.1 Å². The summed E-state index contributed by atoms with van der Waals surface area (Å²) in [6.45, 7) is 3.33. The van der Waals surface area contributed by atoms with Crippen LogP contribution in [0.15, 0.2) is 60.8 Å². The van der Waals surface area contributed by atoms with Crippen molar-refractivity contribution in [1.82, 2.24) is 10.6 Å². The van der Waals surface area contributed by atoms with E-state index in [0.717, 1.165) is 83.5 Å². The first-order valence-electron chi connectivity index (χ1n) is 21.2. The van der Waals surface area contributed by atoms with Crippen molar-refractivity contribution in [3.8, 4) is 0 Å². The fourth-order valence-corrected chi connectivity index (χ4v) is 5.74. The largest absolute Gasteiger partial charge is 0.480 e. The molecule has 0 bridgehead atoms. The molecule has 0 aliphatic rings. The van der Waals surface area contributed by atoms with E-state index >= 15 is 0 Å². The predicted molar refractivity (Wildman–Crippen MR) is 222 cm³/mol. The van der Waals surface area contributed by atoms with Gasteiger partial charge in [-0.15, -0.1) is 0 Å². The minimum Gasteiger partial charge on any atom is -0.480 e. The monoisotopic (exact) mass is 757 g/mol. The molecule has 2 atom stereocenters. The van der Waals surface area contributed by atoms with Gasteiger partial charge < -0.3 is 25.6 Å². The lowest BCUT2D eigenvalue weighted by Crippen LogP contribution is -2.47. The van der Waals surface area contributed by atoms with Crippen LogP contribution in [0.5, 0.6) is 0 Å². The molecule has 0 aliphatic carbocycles. The summed E-state index contributed by atoms with van der Waals surface area (Å²) in [5.74, 6) is -2.41. The molecule has 9 heteroatoms. The molecule has 0 spiro atoms. The molecular formula is C45H76N2O7. The van der Waals surface area contributed by atoms with Crippen molar-refractivity contribution in [2.24, 2.45) is 0 Å². The van der Waals surface area contributed by atoms with Crippen LogP contribution in [-0.2, 0) is 23.9 Å². The zero-order chi connectivity index (χ0) is 39.7. The minimum atomic E-state index is -1.39. The zero-order valence-electron chi connectivity index (χ0n) is 34.0. The van der Waals surface area contributed by atoms with Gasteiger partial charge in [-0.25, -0.2) is 4.79 Å². The number of amides is 2. The van der Waals surface area contributed by atoms with E-state index in [4.69, 9.17) is 14.9 Å². The molecule has 0 saturated carbocycles. The second-order valence-electron chi connectivity index (χ2n) is 14.0. The number of aliphatic carboxylic acids is 1. The Morgan fingerprint density at radius 2 is 1.11 bits per heavy atom. The second-order valence-corrected chi connectivity index (χ2v) is 14.0. The molecule has 54 heavy (non-hydrogen) atoms. The van der Waals surface area contributed by atoms with Crippen molar-refractivity contribution in [3.63, 3.8) is 0 Å². The van der Waals surface area contributed by atoms with E-state index in [2.05, 4.69) is 79.2 Å². The molecule has 0 aromatic rings. The van der Waals surface area contributed by atoms with Gasteiger partial charge in [-0.3, -0.25) is 14.4 Å². The topological polar surface area (TPSA) is 142 Å². The van der Waals surface area contributed by atoms with Crippen LogP contribution in [-0.4, -0.2) is 59.3 Å². The smallest absolute Gasteiger partial charge is 0.328 e. The molecule has 0 rings (SSSR count). The highest BCUT2D eigenvalue weighted by molar-refractivity contribution is 5.87. The van der Waals surface area contributed by atoms with E-state index in [-0.39, 0.29) is 30.9 Å². The zero-order valence-corrected chi connectivity index (χ0v) is 34.0. The Hall–Kier alpha value is -3.46. The van der Waals surface area contributed by atoms with Gasteiger partial charge >= 0.3 is 11.9 Å². The average molecular weight is 757 g/mol. The average Bonchev–Trinajstić information content (AvgIpc) is 3.15. The number of carbonyl (C=O) groups excluding carboxylic acids is 3. The van der Waals surface area contributed by atoms with Crippen LogP contribution in [0.2, 0.25) is 0 Å². The van der Waals surface area contributed by atoms with Crippen LogP contribution in [0.3, 0.4) is 0 Å². The van der Waals surface area contributed by atoms with Crippen LogP contribution < -0.4 is 10.6 Å². The summed E-state index contributed by atoms with van der Waals surface area (Å²) in [5, 5.41) is 22.5. The number of rotatable bonds is 37. The number of aliphatic hydroxyl groups excluding tert-OH is 1. The Bertz CT molecular complexity index is 1100. The number of carboxylic acids is 1. The third-order valence-electron chi connectivity index (χ3n) is 8.98. The van der Waals surface area contributed by atoms with Gasteiger partial charge in [-0.1, -0.05) is 139 Å². The lowest BCUT2D eigenvalue weighted by molar-refractivity contribution is -0.147. The molecule has 2 amide bonds. The highest BCUT2D eigenvalue weighted by atomic mass is 16.5. The SMILES string of the molecule is CC/C=C\C/C=C\C/C=C\C/C=C\C(CCCCCCCC(=O)NCC(=O)NC(CO)C(=O)O)OC(=O)CCCCCCC/C=C\CCCCCCCC. The Balaban J connectivity index is 4.43. The summed E-state index contributed by atoms with van der Waals surface area (Å²) in [5.41, 5.74) is 0. The summed E-state index contributed by atoms with van der Waals surface area (Å²) in [4.78, 5) is 47.5. The molecular weight excluding hydrogens is 681 g/mol. The minimum absolute atomic E-state index is 0.130. The number of esters is 1. The molecule has 0 aliphatic heterocycles. The van der Waals surface area contributed by atoms with Crippen molar-refractivity contribution in [2.75, 3.05) is 13.2 Å². The molecule has 0 aromatic carbocycles. The van der Waals surface area contributed by atoms with E-state index in [1.807, 2.05) is 6.08 Å². The fourth-order valence-electron chi connectivity index (χ4n) is 5.74. The van der Waals surface area contributed by atoms with Crippen molar-refractivity contribution in [1.29, 1.82) is 0 Å². The lowest BCUT2D eigenvalue weighted by Gasteiger charge is -2.15. The number of hydrogen-bond acceptors (Lipinski definition) is 6. The first kappa shape index (κ1) is 50.5. The number of ether oxygens (including phenoxy) is 1. The van der Waals surface area contributed by atoms with Gasteiger partial charge in [0.2, 0.25) is 11.8 Å². The molecule has 0 fully saturated rings. The standard InChI is InChI=1S/C45H76N2O7/c1-3-5-7-9-11-13-15-16-17-18-20-22-24-29-33-37-44(51)54-40(34-30-26-23-21-19-14-12-10-8-6-4-2)35-31-27-25-28-32-36-42(49)46-38-43(50)47-41(39-48)45(52)53/h6,8,12,14,16-17,21,23,30,34,40-41,48H,3-5,7,9-11,13,15,18-20,22,24-29,31-33,35-39H2,1-2H3,(H,46,49)(H,47,50)(H,52,53)/b8-6-,14-12-,17-16-,23-21-,34-30-. The van der Waals surface area contributed by atoms with Gasteiger partial charge in [0.15, 0.2) is 0 Å². The quantitative estimate of drug-likeness (QED) is 0.0281. The summed E-state index contributed by atoms with van der Waals surface area (Å²) < 4.78 is 5.90. The normalized spacial score (nSPS) is 13.1. The summed E-state index contributed by atoms with van der Waals surface area (Å²) in [6.07, 6.45) is 46.9. The van der Waals surface area contributed by atoms with Crippen molar-refractivity contribution in [2.45, 2.75) is 187 Å². The Morgan fingerprint density at radius 1 is 0.593 bits per heavy atom. The third kappa shape index (κ3) is 35.6. The summed E-state index contributed by atoms with van der Waals surface area (Å²) in [7, 11) is 0. The van der Waals surface area contributed by atoms with Crippen LogP contribution in [0.25, 0.3) is 0 Å². The van der Waals surface area contributed by atoms with Gasteiger partial charge in [-0.05, 0) is 83.1 Å². The number of aliphatic hydroxyl groups is 1. The molecule has 0 heterocycles. The molecule has 2 unspecified atom stereocenters. The van der Waals surface area contributed by atoms with E-state index in [0.29, 0.717) is 12.8 Å². The van der Waals surface area contributed by atoms with Crippen LogP contribution in [0.4, 0.5) is 0 Å². The predicted octanol–water partition coefficient (Wildman–Crippen LogP) is 10.1. The maximum Gasteiger partial charge on any atom is 0.328 e. The molecule has 4 N–H and O–H groups in total. The van der Waals surface area contributed by atoms with E-state index in [9.17, 15) is 19.2 Å². The van der Waals surface area contributed by atoms with Crippen molar-refractivity contribution < 1.29 is 34.1 Å². The number of unbranched alkanes of at least 4 members (excludes halogenated alkanes) is 15. The first-order valence-corrected chi connectivity index (χ1v) is 21.2. The highest BCUT2D eigenvalue weighted by Gasteiger charge is 2.18. The Labute approximate surface area is 328 Å². The van der Waals surface area contributed by atoms with Gasteiger partial charge in [0, 0.05) is 12.8 Å². The Kier molecular flexibility index (Phi) is 36.7. The van der Waals surface area contributed by atoms with Gasteiger partial charge in [0.05, 0.1) is 13.2 Å². The summed E-state index contributed by atoms with van der Waals surface area (Å²) >= 11 is 0.